The van der Waals surface area contributed by atoms with Crippen LogP contribution < -0.4 is 21.0 Å². The fourth-order valence-electron chi connectivity index (χ4n) is 4.58. The molecule has 2 N–H and O–H groups in total. The third-order valence-corrected chi connectivity index (χ3v) is 5.40. The van der Waals surface area contributed by atoms with Gasteiger partial charge < -0.3 is 19.8 Å². The van der Waals surface area contributed by atoms with E-state index in [4.69, 9.17) is 9.15 Å². The van der Waals surface area contributed by atoms with Crippen LogP contribution in [0.15, 0.2) is 33.5 Å². The van der Waals surface area contributed by atoms with Gasteiger partial charge in [0, 0.05) is 34.6 Å². The molecule has 1 aliphatic heterocycles. The largest absolute Gasteiger partial charge is 0.481 e. The average Bonchev–Trinajstić information content (AvgIpc) is 2.57. The Bertz CT molecular complexity index is 945. The summed E-state index contributed by atoms with van der Waals surface area (Å²) in [5, 5.41) is 7.64. The molecule has 0 aliphatic carbocycles. The van der Waals surface area contributed by atoms with Crippen molar-refractivity contribution in [3.63, 3.8) is 0 Å². The minimum atomic E-state index is -0.658. The maximum atomic E-state index is 12.7. The zero-order chi connectivity index (χ0) is 21.4. The Morgan fingerprint density at radius 1 is 1.24 bits per heavy atom. The molecule has 0 unspecified atom stereocenters. The van der Waals surface area contributed by atoms with E-state index in [1.165, 1.54) is 6.07 Å². The lowest BCUT2D eigenvalue weighted by atomic mass is 9.79. The van der Waals surface area contributed by atoms with Crippen LogP contribution in [0.4, 0.5) is 0 Å². The first-order valence-electron chi connectivity index (χ1n) is 10.3. The number of carbonyl (C=O) groups is 1. The first-order chi connectivity index (χ1) is 13.5. The highest BCUT2D eigenvalue weighted by atomic mass is 16.5. The number of hydrogen-bond donors (Lipinski definition) is 2. The molecule has 0 bridgehead atoms. The second-order valence-electron chi connectivity index (χ2n) is 9.37. The van der Waals surface area contributed by atoms with Crippen LogP contribution in [-0.2, 0) is 11.2 Å². The Morgan fingerprint density at radius 2 is 1.90 bits per heavy atom. The molecule has 1 aliphatic rings. The molecule has 1 aromatic carbocycles. The molecule has 2 heterocycles. The molecule has 0 saturated carbocycles. The van der Waals surface area contributed by atoms with E-state index >= 15 is 0 Å². The van der Waals surface area contributed by atoms with E-state index in [1.54, 1.807) is 13.0 Å². The van der Waals surface area contributed by atoms with Crippen LogP contribution in [-0.4, -0.2) is 29.1 Å². The summed E-state index contributed by atoms with van der Waals surface area (Å²) >= 11 is 0. The predicted octanol–water partition coefficient (Wildman–Crippen LogP) is 3.55. The number of aryl methyl sites for hydroxylation is 1. The van der Waals surface area contributed by atoms with E-state index in [-0.39, 0.29) is 28.7 Å². The number of rotatable bonds is 5. The van der Waals surface area contributed by atoms with Crippen molar-refractivity contribution in [3.05, 3.63) is 40.2 Å². The number of hydrogen-bond acceptors (Lipinski definition) is 5. The van der Waals surface area contributed by atoms with Crippen LogP contribution in [0.5, 0.6) is 5.75 Å². The van der Waals surface area contributed by atoms with Gasteiger partial charge in [0.15, 0.2) is 6.10 Å². The van der Waals surface area contributed by atoms with Crippen LogP contribution in [0.1, 0.15) is 59.9 Å². The van der Waals surface area contributed by atoms with Crippen molar-refractivity contribution in [2.45, 2.75) is 84.0 Å². The minimum Gasteiger partial charge on any atom is -0.481 e. The Hall–Kier alpha value is -2.34. The molecule has 158 valence electrons. The van der Waals surface area contributed by atoms with E-state index in [0.29, 0.717) is 11.3 Å². The van der Waals surface area contributed by atoms with Gasteiger partial charge >= 0.3 is 5.63 Å². The van der Waals surface area contributed by atoms with E-state index in [1.807, 2.05) is 19.1 Å². The molecular formula is C23H32N2O4. The van der Waals surface area contributed by atoms with Crippen molar-refractivity contribution in [1.29, 1.82) is 0 Å². The molecule has 1 aromatic heterocycles. The fraction of sp³-hybridized carbons (Fsp3) is 0.565. The normalized spacial score (nSPS) is 19.7. The molecule has 1 fully saturated rings. The number of ether oxygens (including phenoxy) is 1. The van der Waals surface area contributed by atoms with Crippen molar-refractivity contribution < 1.29 is 13.9 Å². The molecule has 0 spiro atoms. The van der Waals surface area contributed by atoms with Crippen molar-refractivity contribution in [2.24, 2.45) is 0 Å². The average molecular weight is 401 g/mol. The smallest absolute Gasteiger partial charge is 0.336 e. The van der Waals surface area contributed by atoms with Gasteiger partial charge in [-0.2, -0.15) is 0 Å². The summed E-state index contributed by atoms with van der Waals surface area (Å²) in [4.78, 5) is 24.5. The second kappa shape index (κ2) is 7.82. The number of fused-ring (bicyclic) bond motifs is 1. The first kappa shape index (κ1) is 21.4. The maximum Gasteiger partial charge on any atom is 0.336 e. The van der Waals surface area contributed by atoms with Gasteiger partial charge in [-0.3, -0.25) is 4.79 Å². The molecule has 2 aromatic rings. The van der Waals surface area contributed by atoms with Crippen molar-refractivity contribution in [1.82, 2.24) is 10.6 Å². The van der Waals surface area contributed by atoms with Gasteiger partial charge in [0.25, 0.3) is 5.91 Å². The molecular weight excluding hydrogens is 368 g/mol. The Morgan fingerprint density at radius 3 is 2.52 bits per heavy atom. The molecule has 1 atom stereocenters. The fourth-order valence-corrected chi connectivity index (χ4v) is 4.58. The molecule has 29 heavy (non-hydrogen) atoms. The summed E-state index contributed by atoms with van der Waals surface area (Å²) in [5.74, 6) is 0.356. The number of carbonyl (C=O) groups excluding carboxylic acids is 1. The van der Waals surface area contributed by atoms with Crippen LogP contribution in [0.3, 0.4) is 0 Å². The Kier molecular flexibility index (Phi) is 5.77. The SMILES string of the molecule is CCc1cc(=O)oc2cc(O[C@H](C)C(=O)NC3CC(C)(C)NC(C)(C)C3)ccc12. The van der Waals surface area contributed by atoms with Crippen LogP contribution in [0.25, 0.3) is 11.0 Å². The number of nitrogens with one attached hydrogen (secondary N) is 2. The van der Waals surface area contributed by atoms with Crippen molar-refractivity contribution >= 4 is 16.9 Å². The monoisotopic (exact) mass is 400 g/mol. The summed E-state index contributed by atoms with van der Waals surface area (Å²) in [5.41, 5.74) is 0.937. The summed E-state index contributed by atoms with van der Waals surface area (Å²) in [7, 11) is 0. The third kappa shape index (κ3) is 5.18. The summed E-state index contributed by atoms with van der Waals surface area (Å²) in [6.07, 6.45) is 1.80. The van der Waals surface area contributed by atoms with E-state index in [2.05, 4.69) is 38.3 Å². The molecule has 0 radical (unpaired) electrons. The van der Waals surface area contributed by atoms with Crippen LogP contribution in [0.2, 0.25) is 0 Å². The van der Waals surface area contributed by atoms with E-state index < -0.39 is 6.10 Å². The maximum absolute atomic E-state index is 12.7. The predicted molar refractivity (Wildman–Crippen MR) is 114 cm³/mol. The molecule has 6 heteroatoms. The van der Waals surface area contributed by atoms with Crippen molar-refractivity contribution in [3.8, 4) is 5.75 Å². The molecule has 1 saturated heterocycles. The van der Waals surface area contributed by atoms with Gasteiger partial charge in [-0.05, 0) is 71.6 Å². The quantitative estimate of drug-likeness (QED) is 0.751. The van der Waals surface area contributed by atoms with Gasteiger partial charge in [0.05, 0.1) is 0 Å². The summed E-state index contributed by atoms with van der Waals surface area (Å²) < 4.78 is 11.2. The zero-order valence-corrected chi connectivity index (χ0v) is 18.2. The highest BCUT2D eigenvalue weighted by Gasteiger charge is 2.38. The third-order valence-electron chi connectivity index (χ3n) is 5.40. The summed E-state index contributed by atoms with van der Waals surface area (Å²) in [6.45, 7) is 12.3. The van der Waals surface area contributed by atoms with Gasteiger partial charge in [-0.15, -0.1) is 0 Å². The Labute approximate surface area is 172 Å². The topological polar surface area (TPSA) is 80.6 Å². The number of piperidine rings is 1. The lowest BCUT2D eigenvalue weighted by Crippen LogP contribution is -2.62. The van der Waals surface area contributed by atoms with E-state index in [9.17, 15) is 9.59 Å². The Balaban J connectivity index is 1.70. The lowest BCUT2D eigenvalue weighted by molar-refractivity contribution is -0.128. The van der Waals surface area contributed by atoms with Gasteiger partial charge in [-0.1, -0.05) is 6.92 Å². The van der Waals surface area contributed by atoms with Gasteiger partial charge in [0.1, 0.15) is 11.3 Å². The van der Waals surface area contributed by atoms with Crippen LogP contribution in [0, 0.1) is 0 Å². The highest BCUT2D eigenvalue weighted by Crippen LogP contribution is 2.29. The molecule has 6 nitrogen and oxygen atoms in total. The van der Waals surface area contributed by atoms with Gasteiger partial charge in [-0.25, -0.2) is 4.79 Å². The number of benzene rings is 1. The highest BCUT2D eigenvalue weighted by molar-refractivity contribution is 5.83. The zero-order valence-electron chi connectivity index (χ0n) is 18.2. The second-order valence-corrected chi connectivity index (χ2v) is 9.37. The summed E-state index contributed by atoms with van der Waals surface area (Å²) in [6, 6.07) is 6.95. The molecule has 3 rings (SSSR count). The first-order valence-corrected chi connectivity index (χ1v) is 10.3. The lowest BCUT2D eigenvalue weighted by Gasteiger charge is -2.46. The number of amides is 1. The van der Waals surface area contributed by atoms with Crippen LogP contribution >= 0.6 is 0 Å². The minimum absolute atomic E-state index is 0.0450. The molecule has 1 amide bonds. The van der Waals surface area contributed by atoms with E-state index in [0.717, 1.165) is 30.2 Å². The standard InChI is InChI=1S/C23H32N2O4/c1-7-15-10-20(26)29-19-11-17(8-9-18(15)19)28-14(2)21(27)24-16-12-22(3,4)25-23(5,6)13-16/h8-11,14,16,25H,7,12-13H2,1-6H3,(H,24,27)/t14-/m1/s1. The van der Waals surface area contributed by atoms with Gasteiger partial charge in [0.2, 0.25) is 0 Å². The van der Waals surface area contributed by atoms with Crippen molar-refractivity contribution in [2.75, 3.05) is 0 Å².